The Hall–Kier alpha value is -1.99. The van der Waals surface area contributed by atoms with E-state index in [-0.39, 0.29) is 6.61 Å². The van der Waals surface area contributed by atoms with Crippen molar-refractivity contribution in [2.75, 3.05) is 13.2 Å². The first-order valence-corrected chi connectivity index (χ1v) is 5.69. The van der Waals surface area contributed by atoms with Crippen LogP contribution in [0.15, 0.2) is 24.3 Å². The van der Waals surface area contributed by atoms with Gasteiger partial charge in [0, 0.05) is 16.7 Å². The summed E-state index contributed by atoms with van der Waals surface area (Å²) < 4.78 is 10.1. The van der Waals surface area contributed by atoms with Crippen molar-refractivity contribution in [3.8, 4) is 11.8 Å². The Kier molecular flexibility index (Phi) is 5.75. The van der Waals surface area contributed by atoms with Gasteiger partial charge in [0.05, 0.1) is 12.7 Å². The van der Waals surface area contributed by atoms with Gasteiger partial charge in [0.25, 0.3) is 0 Å². The number of halogens is 1. The van der Waals surface area contributed by atoms with Crippen molar-refractivity contribution in [3.63, 3.8) is 0 Å². The second-order valence-corrected chi connectivity index (χ2v) is 3.67. The van der Waals surface area contributed by atoms with E-state index in [1.165, 1.54) is 6.08 Å². The lowest BCUT2D eigenvalue weighted by Crippen LogP contribution is -2.14. The summed E-state index contributed by atoms with van der Waals surface area (Å²) in [6.45, 7) is 1.86. The van der Waals surface area contributed by atoms with E-state index in [2.05, 4.69) is 0 Å². The van der Waals surface area contributed by atoms with Crippen molar-refractivity contribution in [1.82, 2.24) is 0 Å². The van der Waals surface area contributed by atoms with Crippen LogP contribution >= 0.6 is 11.6 Å². The van der Waals surface area contributed by atoms with E-state index in [0.717, 1.165) is 0 Å². The predicted octanol–water partition coefficient (Wildman–Crippen LogP) is 2.82. The number of rotatable bonds is 5. The van der Waals surface area contributed by atoms with Crippen LogP contribution in [0.25, 0.3) is 6.08 Å². The third kappa shape index (κ3) is 4.48. The predicted molar refractivity (Wildman–Crippen MR) is 68.2 cm³/mol. The molecule has 4 nitrogen and oxygen atoms in total. The van der Waals surface area contributed by atoms with Gasteiger partial charge in [-0.15, -0.1) is 0 Å². The highest BCUT2D eigenvalue weighted by Crippen LogP contribution is 2.24. The molecule has 0 aliphatic rings. The number of benzene rings is 1. The summed E-state index contributed by atoms with van der Waals surface area (Å²) in [5.41, 5.74) is 0.633. The molecule has 0 aliphatic heterocycles. The van der Waals surface area contributed by atoms with Crippen molar-refractivity contribution in [1.29, 1.82) is 5.26 Å². The van der Waals surface area contributed by atoms with Crippen LogP contribution in [0.3, 0.4) is 0 Å². The summed E-state index contributed by atoms with van der Waals surface area (Å²) in [6.07, 6.45) is 2.87. The molecule has 0 bridgehead atoms. The van der Waals surface area contributed by atoms with Crippen LogP contribution in [0, 0.1) is 11.3 Å². The van der Waals surface area contributed by atoms with Gasteiger partial charge in [-0.2, -0.15) is 5.26 Å². The number of carbonyl (C=O) groups is 1. The largest absolute Gasteiger partial charge is 0.481 e. The zero-order valence-electron chi connectivity index (χ0n) is 9.85. The summed E-state index contributed by atoms with van der Waals surface area (Å²) in [4.78, 5) is 11.2. The van der Waals surface area contributed by atoms with Crippen LogP contribution in [0.4, 0.5) is 0 Å². The Bertz CT molecular complexity index is 491. The van der Waals surface area contributed by atoms with E-state index in [9.17, 15) is 4.79 Å². The maximum atomic E-state index is 11.2. The molecule has 0 saturated carbocycles. The summed E-state index contributed by atoms with van der Waals surface area (Å²) in [5, 5.41) is 9.02. The maximum Gasteiger partial charge on any atom is 0.344 e. The minimum atomic E-state index is -0.442. The number of carbonyl (C=O) groups excluding carboxylic acids is 1. The lowest BCUT2D eigenvalue weighted by atomic mass is 10.2. The highest BCUT2D eigenvalue weighted by Gasteiger charge is 2.06. The average molecular weight is 266 g/mol. The van der Waals surface area contributed by atoms with Gasteiger partial charge in [0.2, 0.25) is 0 Å². The molecule has 0 heterocycles. The van der Waals surface area contributed by atoms with Crippen LogP contribution in [0.2, 0.25) is 5.02 Å². The van der Waals surface area contributed by atoms with E-state index in [1.807, 2.05) is 6.07 Å². The molecule has 0 unspecified atom stereocenters. The molecule has 5 heteroatoms. The lowest BCUT2D eigenvalue weighted by molar-refractivity contribution is -0.145. The number of ether oxygens (including phenoxy) is 2. The third-order valence-electron chi connectivity index (χ3n) is 1.96. The molecule has 18 heavy (non-hydrogen) atoms. The van der Waals surface area contributed by atoms with Crippen molar-refractivity contribution in [3.05, 3.63) is 34.9 Å². The first-order valence-electron chi connectivity index (χ1n) is 5.31. The molecular formula is C13H12ClNO3. The van der Waals surface area contributed by atoms with Gasteiger partial charge < -0.3 is 9.47 Å². The van der Waals surface area contributed by atoms with Gasteiger partial charge in [-0.1, -0.05) is 11.6 Å². The Morgan fingerprint density at radius 3 is 3.00 bits per heavy atom. The molecule has 1 aromatic carbocycles. The molecule has 0 saturated heterocycles. The number of allylic oxidation sites excluding steroid dienone is 1. The summed E-state index contributed by atoms with van der Waals surface area (Å²) in [5.74, 6) is 0.0293. The minimum absolute atomic E-state index is 0.178. The quantitative estimate of drug-likeness (QED) is 0.607. The fourth-order valence-corrected chi connectivity index (χ4v) is 1.43. The van der Waals surface area contributed by atoms with Gasteiger partial charge in [0.1, 0.15) is 5.75 Å². The monoisotopic (exact) mass is 265 g/mol. The van der Waals surface area contributed by atoms with Crippen LogP contribution in [-0.4, -0.2) is 19.2 Å². The van der Waals surface area contributed by atoms with Crippen molar-refractivity contribution in [2.24, 2.45) is 0 Å². The first-order chi connectivity index (χ1) is 8.67. The van der Waals surface area contributed by atoms with Crippen LogP contribution in [0.5, 0.6) is 5.75 Å². The second-order valence-electron chi connectivity index (χ2n) is 3.24. The highest BCUT2D eigenvalue weighted by atomic mass is 35.5. The Morgan fingerprint density at radius 1 is 1.56 bits per heavy atom. The average Bonchev–Trinajstić information content (AvgIpc) is 2.35. The van der Waals surface area contributed by atoms with E-state index in [4.69, 9.17) is 26.3 Å². The van der Waals surface area contributed by atoms with Crippen LogP contribution < -0.4 is 4.74 Å². The number of nitriles is 1. The molecule has 94 valence electrons. The van der Waals surface area contributed by atoms with E-state index >= 15 is 0 Å². The Morgan fingerprint density at radius 2 is 2.33 bits per heavy atom. The van der Waals surface area contributed by atoms with Gasteiger partial charge in [-0.3, -0.25) is 0 Å². The van der Waals surface area contributed by atoms with Gasteiger partial charge in [-0.25, -0.2) is 4.79 Å². The highest BCUT2D eigenvalue weighted by molar-refractivity contribution is 6.30. The third-order valence-corrected chi connectivity index (χ3v) is 2.20. The zero-order valence-corrected chi connectivity index (χ0v) is 10.6. The number of hydrogen-bond acceptors (Lipinski definition) is 4. The molecule has 1 rings (SSSR count). The lowest BCUT2D eigenvalue weighted by Gasteiger charge is -2.08. The standard InChI is InChI=1S/C13H12ClNO3/c1-2-17-13(16)9-18-12-6-5-11(14)8-10(12)4-3-7-15/h3-6,8H,2,9H2,1H3/b4-3-. The second kappa shape index (κ2) is 7.36. The normalized spacial score (nSPS) is 10.1. The number of esters is 1. The summed E-state index contributed by atoms with van der Waals surface area (Å²) in [7, 11) is 0. The summed E-state index contributed by atoms with van der Waals surface area (Å²) >= 11 is 5.84. The zero-order chi connectivity index (χ0) is 13.4. The molecule has 0 radical (unpaired) electrons. The van der Waals surface area contributed by atoms with Gasteiger partial charge >= 0.3 is 5.97 Å². The maximum absolute atomic E-state index is 11.2. The fourth-order valence-electron chi connectivity index (χ4n) is 1.25. The first kappa shape index (κ1) is 14.1. The molecule has 0 spiro atoms. The van der Waals surface area contributed by atoms with Gasteiger partial charge in [0.15, 0.2) is 6.61 Å². The fraction of sp³-hybridized carbons (Fsp3) is 0.231. The molecular weight excluding hydrogens is 254 g/mol. The molecule has 0 amide bonds. The molecule has 0 aliphatic carbocycles. The molecule has 1 aromatic rings. The van der Waals surface area contributed by atoms with E-state index in [1.54, 1.807) is 31.2 Å². The summed E-state index contributed by atoms with van der Waals surface area (Å²) in [6, 6.07) is 6.81. The van der Waals surface area contributed by atoms with E-state index < -0.39 is 5.97 Å². The molecule has 0 fully saturated rings. The Labute approximate surface area is 110 Å². The SMILES string of the molecule is CCOC(=O)COc1ccc(Cl)cc1/C=C\C#N. The molecule has 0 aromatic heterocycles. The van der Waals surface area contributed by atoms with Crippen LogP contribution in [0.1, 0.15) is 12.5 Å². The topological polar surface area (TPSA) is 59.3 Å². The number of hydrogen-bond donors (Lipinski definition) is 0. The Balaban J connectivity index is 2.78. The minimum Gasteiger partial charge on any atom is -0.481 e. The van der Waals surface area contributed by atoms with E-state index in [0.29, 0.717) is 22.9 Å². The number of nitrogens with zero attached hydrogens (tertiary/aromatic N) is 1. The van der Waals surface area contributed by atoms with Gasteiger partial charge in [-0.05, 0) is 31.2 Å². The van der Waals surface area contributed by atoms with Crippen molar-refractivity contribution < 1.29 is 14.3 Å². The van der Waals surface area contributed by atoms with Crippen LogP contribution in [-0.2, 0) is 9.53 Å². The molecule has 0 N–H and O–H groups in total. The van der Waals surface area contributed by atoms with Crippen molar-refractivity contribution >= 4 is 23.6 Å². The van der Waals surface area contributed by atoms with Crippen molar-refractivity contribution in [2.45, 2.75) is 6.92 Å². The smallest absolute Gasteiger partial charge is 0.344 e. The molecule has 0 atom stereocenters.